The van der Waals surface area contributed by atoms with Crippen LogP contribution in [-0.4, -0.2) is 89.5 Å². The zero-order valence-corrected chi connectivity index (χ0v) is 18.8. The van der Waals surface area contributed by atoms with E-state index >= 15 is 0 Å². The number of likely N-dealkylation sites (N-methyl/N-ethyl adjacent to an activating group) is 1. The molecule has 0 aliphatic carbocycles. The Morgan fingerprint density at radius 3 is 1.24 bits per heavy atom. The third kappa shape index (κ3) is 5.14. The third-order valence-corrected chi connectivity index (χ3v) is 6.88. The molecule has 0 aromatic carbocycles. The van der Waals surface area contributed by atoms with E-state index in [0.29, 0.717) is 0 Å². The molecule has 0 aliphatic rings. The summed E-state index contributed by atoms with van der Waals surface area (Å²) in [6.45, 7) is -4.56. The van der Waals surface area contributed by atoms with E-state index in [4.69, 9.17) is 9.79 Å². The molecule has 27 heteroatoms. The highest BCUT2D eigenvalue weighted by Gasteiger charge is 2.97. The van der Waals surface area contributed by atoms with Crippen LogP contribution in [0.1, 0.15) is 0 Å². The van der Waals surface area contributed by atoms with E-state index in [9.17, 15) is 92.1 Å². The summed E-state index contributed by atoms with van der Waals surface area (Å²) in [6.07, 6.45) is -7.98. The molecule has 1 unspecified atom stereocenters. The lowest BCUT2D eigenvalue weighted by molar-refractivity contribution is -0.934. The highest BCUT2D eigenvalue weighted by Crippen LogP contribution is 2.64. The van der Waals surface area contributed by atoms with Crippen molar-refractivity contribution in [2.24, 2.45) is 0 Å². The Balaban J connectivity index is 6.91. The van der Waals surface area contributed by atoms with Gasteiger partial charge >= 0.3 is 64.8 Å². The molecule has 0 heterocycles. The number of nitrogens with zero attached hydrogens (tertiary/aromatic N) is 1. The van der Waals surface area contributed by atoms with Crippen molar-refractivity contribution in [1.29, 1.82) is 0 Å². The molecule has 0 rings (SSSR count). The van der Waals surface area contributed by atoms with Crippen LogP contribution < -0.4 is 0 Å². The highest BCUT2D eigenvalue weighted by atomic mass is 32.2. The van der Waals surface area contributed by atoms with Crippen LogP contribution in [0.3, 0.4) is 0 Å². The largest absolute Gasteiger partial charge is 0.469 e. The van der Waals surface area contributed by atoms with E-state index in [-0.39, 0.29) is 0 Å². The number of phosphoric ester groups is 1. The first-order chi connectivity index (χ1) is 16.0. The number of alkyl halides is 17. The van der Waals surface area contributed by atoms with Crippen molar-refractivity contribution in [2.45, 2.75) is 47.0 Å². The average Bonchev–Trinajstić information content (AvgIpc) is 2.64. The second-order valence-corrected chi connectivity index (χ2v) is 10.4. The molecule has 0 aliphatic heterocycles. The number of sulfonamides is 1. The number of rotatable bonds is 12. The maximum absolute atomic E-state index is 14.1. The lowest BCUT2D eigenvalue weighted by Gasteiger charge is -2.42. The van der Waals surface area contributed by atoms with E-state index < -0.39 is 89.1 Å². The van der Waals surface area contributed by atoms with Gasteiger partial charge in [-0.2, -0.15) is 83.1 Å². The van der Waals surface area contributed by atoms with Crippen molar-refractivity contribution >= 4 is 17.8 Å². The highest BCUT2D eigenvalue weighted by molar-refractivity contribution is 7.87. The Kier molecular flexibility index (Phi) is 9.10. The average molecular weight is 656 g/mol. The first kappa shape index (κ1) is 36.8. The minimum atomic E-state index is -9.08. The summed E-state index contributed by atoms with van der Waals surface area (Å²) in [5.74, 6) is -53.0. The van der Waals surface area contributed by atoms with Crippen LogP contribution in [0.25, 0.3) is 0 Å². The van der Waals surface area contributed by atoms with Crippen molar-refractivity contribution < 1.29 is 111 Å². The molecule has 0 aromatic heterocycles. The molecule has 38 heavy (non-hydrogen) atoms. The number of phosphoric acid groups is 1. The van der Waals surface area contributed by atoms with Crippen LogP contribution >= 0.6 is 7.82 Å². The molecule has 0 fully saturated rings. The van der Waals surface area contributed by atoms with Crippen LogP contribution in [0.4, 0.5) is 79.1 Å². The van der Waals surface area contributed by atoms with Crippen LogP contribution in [-0.2, 0) is 19.1 Å². The van der Waals surface area contributed by atoms with E-state index in [1.54, 1.807) is 0 Å². The zero-order chi connectivity index (χ0) is 31.6. The minimum absolute atomic E-state index is 0.842. The second kappa shape index (κ2) is 9.41. The second-order valence-electron chi connectivity index (χ2n) is 6.97. The molecule has 0 amide bonds. The molecule has 0 saturated carbocycles. The van der Waals surface area contributed by atoms with E-state index in [1.165, 1.54) is 0 Å². The number of hydrogen-bond acceptors (Lipinski definition) is 4. The summed E-state index contributed by atoms with van der Waals surface area (Å²) in [6, 6.07) is 0. The van der Waals surface area contributed by atoms with Crippen molar-refractivity contribution in [3.8, 4) is 0 Å². The lowest BCUT2D eigenvalue weighted by Crippen LogP contribution is -2.75. The maximum Gasteiger partial charge on any atom is 0.469 e. The van der Waals surface area contributed by atoms with Crippen LogP contribution in [0, 0.1) is 0 Å². The third-order valence-electron chi connectivity index (χ3n) is 4.27. The summed E-state index contributed by atoms with van der Waals surface area (Å²) >= 11 is 0. The van der Waals surface area contributed by atoms with E-state index in [1.807, 2.05) is 0 Å². The molecule has 2 N–H and O–H groups in total. The summed E-state index contributed by atoms with van der Waals surface area (Å²) in [7, 11) is -14.8. The van der Waals surface area contributed by atoms with Gasteiger partial charge in [-0.25, -0.2) is 4.57 Å². The Morgan fingerprint density at radius 1 is 0.658 bits per heavy atom. The first-order valence-corrected chi connectivity index (χ1v) is 11.1. The van der Waals surface area contributed by atoms with Crippen molar-refractivity contribution in [3.05, 3.63) is 0 Å². The molecule has 0 aromatic rings. The van der Waals surface area contributed by atoms with Gasteiger partial charge in [-0.05, 0) is 4.11 Å². The van der Waals surface area contributed by atoms with Crippen molar-refractivity contribution in [2.75, 3.05) is 20.2 Å². The van der Waals surface area contributed by atoms with Gasteiger partial charge in [0.05, 0.1) is 0 Å². The Labute approximate surface area is 196 Å². The number of quaternary nitrogens is 1. The quantitative estimate of drug-likeness (QED) is 0.179. The van der Waals surface area contributed by atoms with Crippen LogP contribution in [0.2, 0.25) is 0 Å². The van der Waals surface area contributed by atoms with Gasteiger partial charge < -0.3 is 9.79 Å². The van der Waals surface area contributed by atoms with Gasteiger partial charge in [0, 0.05) is 4.48 Å². The normalized spacial score (nSPS) is 17.9. The Bertz CT molecular complexity index is 1030. The molecule has 7 nitrogen and oxygen atoms in total. The van der Waals surface area contributed by atoms with Gasteiger partial charge in [0.25, 0.3) is 0 Å². The molecule has 0 spiro atoms. The fourth-order valence-corrected chi connectivity index (χ4v) is 3.56. The molecule has 230 valence electrons. The Hall–Kier alpha value is -1.24. The fourth-order valence-electron chi connectivity index (χ4n) is 1.99. The van der Waals surface area contributed by atoms with Gasteiger partial charge in [-0.3, -0.25) is 4.52 Å². The maximum atomic E-state index is 14.1. The van der Waals surface area contributed by atoms with Crippen LogP contribution in [0.5, 0.6) is 0 Å². The minimum Gasteiger partial charge on any atom is -0.303 e. The van der Waals surface area contributed by atoms with Crippen LogP contribution in [0.15, 0.2) is 0 Å². The summed E-state index contributed by atoms with van der Waals surface area (Å²) in [5.41, 5.74) is 0. The molecule has 0 bridgehead atoms. The molecule has 0 radical (unpaired) electrons. The monoisotopic (exact) mass is 656 g/mol. The molecular formula is C11H9F18NO6PS+. The van der Waals surface area contributed by atoms with Gasteiger partial charge in [0.15, 0.2) is 6.54 Å². The molecular weight excluding hydrogens is 647 g/mol. The first-order valence-electron chi connectivity index (χ1n) is 8.17. The van der Waals surface area contributed by atoms with Crippen molar-refractivity contribution in [1.82, 2.24) is 0 Å². The topological polar surface area (TPSA) is 101 Å². The zero-order valence-electron chi connectivity index (χ0n) is 17.0. The van der Waals surface area contributed by atoms with Gasteiger partial charge in [0.2, 0.25) is 0 Å². The van der Waals surface area contributed by atoms with E-state index in [0.717, 1.165) is 0 Å². The standard InChI is InChI=1S/C11H8F18NO6PS/c1-30(29,2-3-36-37(31,32)33)38(34,35)11(27,28)9(22,23)7(18,19)5(14,15)4(12,13)6(16,17)8(20,21)10(24,25)26/h2-3H2,1H3,(H-,31,32,33)/p+1. The molecule has 0 saturated heterocycles. The fraction of sp³-hybridized carbons (Fsp3) is 1.00. The Morgan fingerprint density at radius 2 is 0.947 bits per heavy atom. The summed E-state index contributed by atoms with van der Waals surface area (Å²) < 4.78 is 271. The number of halogens is 18. The van der Waals surface area contributed by atoms with Gasteiger partial charge in [-0.15, -0.1) is 0 Å². The van der Waals surface area contributed by atoms with Gasteiger partial charge in [0.1, 0.15) is 13.7 Å². The summed E-state index contributed by atoms with van der Waals surface area (Å²) in [4.78, 5) is 16.5. The van der Waals surface area contributed by atoms with Crippen molar-refractivity contribution in [3.63, 3.8) is 0 Å². The van der Waals surface area contributed by atoms with E-state index in [2.05, 4.69) is 4.52 Å². The predicted octanol–water partition coefficient (Wildman–Crippen LogP) is 4.72. The SMILES string of the molecule is C[N+](F)(CCOP(=O)(O)O)S(=O)(=O)C(F)(F)C(F)(F)C(F)(F)C(F)(F)C(F)(F)C(F)(F)C(F)(F)C(F)(F)F. The van der Waals surface area contributed by atoms with Gasteiger partial charge in [-0.1, -0.05) is 0 Å². The number of hydrogen-bond donors (Lipinski definition) is 2. The summed E-state index contributed by atoms with van der Waals surface area (Å²) in [5, 5.41) is -8.13. The predicted molar refractivity (Wildman–Crippen MR) is 79.8 cm³/mol. The molecule has 1 atom stereocenters. The smallest absolute Gasteiger partial charge is 0.303 e. The lowest BCUT2D eigenvalue weighted by atomic mass is 9.91.